The summed E-state index contributed by atoms with van der Waals surface area (Å²) in [4.78, 5) is 28.5. The number of anilines is 1. The molecule has 0 spiro atoms. The van der Waals surface area contributed by atoms with Gasteiger partial charge in [-0.05, 0) is 24.3 Å². The number of H-pyrrole nitrogens is 1. The number of hydrogen-bond donors (Lipinski definition) is 3. The van der Waals surface area contributed by atoms with Gasteiger partial charge in [-0.15, -0.1) is 0 Å². The van der Waals surface area contributed by atoms with Gasteiger partial charge in [0.25, 0.3) is 5.91 Å². The molecule has 1 aromatic carbocycles. The monoisotopic (exact) mass is 399 g/mol. The van der Waals surface area contributed by atoms with Gasteiger partial charge >= 0.3 is 0 Å². The first-order chi connectivity index (χ1) is 14.6. The number of primary amides is 1. The fourth-order valence-electron chi connectivity index (χ4n) is 3.80. The molecule has 1 unspecified atom stereocenters. The highest BCUT2D eigenvalue weighted by atomic mass is 16.2. The number of fused-ring (bicyclic) bond motifs is 1. The average Bonchev–Trinajstić information content (AvgIpc) is 3.39. The Bertz CT molecular complexity index is 1250. The number of benzene rings is 1. The minimum Gasteiger partial charge on any atom is -0.364 e. The molecule has 1 aliphatic heterocycles. The minimum absolute atomic E-state index is 0.144. The second kappa shape index (κ2) is 6.96. The van der Waals surface area contributed by atoms with Crippen LogP contribution in [-0.4, -0.2) is 36.8 Å². The maximum absolute atomic E-state index is 12.4. The highest BCUT2D eigenvalue weighted by Gasteiger charge is 2.35. The molecule has 5 rings (SSSR count). The number of nitrogens with one attached hydrogen (secondary N) is 2. The van der Waals surface area contributed by atoms with Crippen molar-refractivity contribution >= 4 is 17.6 Å². The molecule has 3 aromatic heterocycles. The molecule has 1 aliphatic rings. The van der Waals surface area contributed by atoms with Crippen LogP contribution in [-0.2, 0) is 4.79 Å². The lowest BCUT2D eigenvalue weighted by molar-refractivity contribution is -0.116. The quantitative estimate of drug-likeness (QED) is 0.484. The molecule has 0 radical (unpaired) electrons. The standard InChI is InChI=1S/C21H17N7O2/c22-20(30)19-17-14(10-16(29)24-21(17)26-25-19)15-11-28(13-4-2-1-3-5-13)27-18(15)12-6-8-23-9-7-12/h1-9,11,14H,10H2,(H2,22,30)(H2,24,25,26,29). The summed E-state index contributed by atoms with van der Waals surface area (Å²) >= 11 is 0. The molecular weight excluding hydrogens is 382 g/mol. The Morgan fingerprint density at radius 1 is 1.13 bits per heavy atom. The van der Waals surface area contributed by atoms with Crippen molar-refractivity contribution in [2.45, 2.75) is 12.3 Å². The number of hydrogen-bond acceptors (Lipinski definition) is 5. The van der Waals surface area contributed by atoms with Gasteiger partial charge in [0.05, 0.1) is 11.4 Å². The lowest BCUT2D eigenvalue weighted by Crippen LogP contribution is -2.25. The van der Waals surface area contributed by atoms with Gasteiger partial charge in [-0.1, -0.05) is 18.2 Å². The lowest BCUT2D eigenvalue weighted by Gasteiger charge is -2.22. The zero-order valence-electron chi connectivity index (χ0n) is 15.7. The minimum atomic E-state index is -0.634. The Labute approximate surface area is 170 Å². The number of pyridine rings is 1. The molecule has 0 saturated carbocycles. The van der Waals surface area contributed by atoms with Crippen molar-refractivity contribution < 1.29 is 9.59 Å². The number of carbonyl (C=O) groups excluding carboxylic acids is 2. The molecule has 9 heteroatoms. The van der Waals surface area contributed by atoms with Crippen molar-refractivity contribution in [1.82, 2.24) is 25.0 Å². The second-order valence-corrected chi connectivity index (χ2v) is 6.98. The average molecular weight is 399 g/mol. The van der Waals surface area contributed by atoms with Gasteiger partial charge in [0.1, 0.15) is 5.69 Å². The van der Waals surface area contributed by atoms with Gasteiger partial charge in [0.2, 0.25) is 5.91 Å². The smallest absolute Gasteiger partial charge is 0.267 e. The summed E-state index contributed by atoms with van der Waals surface area (Å²) in [5.41, 5.74) is 9.53. The second-order valence-electron chi connectivity index (χ2n) is 6.98. The summed E-state index contributed by atoms with van der Waals surface area (Å²) < 4.78 is 1.77. The normalized spacial score (nSPS) is 15.5. The molecule has 2 amide bonds. The summed E-state index contributed by atoms with van der Waals surface area (Å²) in [6.07, 6.45) is 5.40. The fourth-order valence-corrected chi connectivity index (χ4v) is 3.80. The SMILES string of the molecule is NC(=O)c1[nH]nc2c1C(c1cn(-c3ccccc3)nc1-c1ccncc1)CC(=O)N2. The molecule has 4 heterocycles. The molecular formula is C21H17N7O2. The third kappa shape index (κ3) is 2.93. The van der Waals surface area contributed by atoms with Crippen molar-refractivity contribution in [3.63, 3.8) is 0 Å². The molecule has 0 saturated heterocycles. The highest BCUT2D eigenvalue weighted by molar-refractivity contribution is 6.00. The molecule has 0 aliphatic carbocycles. The molecule has 148 valence electrons. The number of nitrogens with zero attached hydrogens (tertiary/aromatic N) is 4. The predicted octanol–water partition coefficient (Wildman–Crippen LogP) is 2.23. The number of carbonyl (C=O) groups is 2. The Kier molecular flexibility index (Phi) is 4.13. The largest absolute Gasteiger partial charge is 0.364 e. The van der Waals surface area contributed by atoms with Crippen LogP contribution in [0.25, 0.3) is 16.9 Å². The van der Waals surface area contributed by atoms with Gasteiger partial charge in [0.15, 0.2) is 5.82 Å². The Morgan fingerprint density at radius 2 is 1.90 bits per heavy atom. The maximum atomic E-state index is 12.4. The van der Waals surface area contributed by atoms with Crippen LogP contribution in [0.5, 0.6) is 0 Å². The van der Waals surface area contributed by atoms with Crippen molar-refractivity contribution in [1.29, 1.82) is 0 Å². The topological polar surface area (TPSA) is 132 Å². The third-order valence-electron chi connectivity index (χ3n) is 5.14. The van der Waals surface area contributed by atoms with Crippen molar-refractivity contribution in [3.8, 4) is 16.9 Å². The first kappa shape index (κ1) is 17.8. The summed E-state index contributed by atoms with van der Waals surface area (Å²) in [5, 5.41) is 14.2. The summed E-state index contributed by atoms with van der Waals surface area (Å²) in [6.45, 7) is 0. The van der Waals surface area contributed by atoms with E-state index in [1.165, 1.54) is 0 Å². The van der Waals surface area contributed by atoms with Crippen molar-refractivity contribution in [3.05, 3.63) is 77.9 Å². The first-order valence-electron chi connectivity index (χ1n) is 9.35. The van der Waals surface area contributed by atoms with Crippen molar-refractivity contribution in [2.75, 3.05) is 5.32 Å². The van der Waals surface area contributed by atoms with E-state index in [4.69, 9.17) is 10.8 Å². The van der Waals surface area contributed by atoms with Crippen LogP contribution in [0.3, 0.4) is 0 Å². The Morgan fingerprint density at radius 3 is 2.63 bits per heavy atom. The molecule has 0 bridgehead atoms. The third-order valence-corrected chi connectivity index (χ3v) is 5.14. The zero-order chi connectivity index (χ0) is 20.7. The van der Waals surface area contributed by atoms with Crippen LogP contribution in [0, 0.1) is 0 Å². The van der Waals surface area contributed by atoms with E-state index in [2.05, 4.69) is 20.5 Å². The highest BCUT2D eigenvalue weighted by Crippen LogP contribution is 2.41. The number of para-hydroxylation sites is 1. The van der Waals surface area contributed by atoms with Crippen LogP contribution < -0.4 is 11.1 Å². The van der Waals surface area contributed by atoms with E-state index >= 15 is 0 Å². The van der Waals surface area contributed by atoms with E-state index in [0.717, 1.165) is 16.8 Å². The van der Waals surface area contributed by atoms with Crippen LogP contribution in [0.4, 0.5) is 5.82 Å². The lowest BCUT2D eigenvalue weighted by atomic mass is 9.84. The maximum Gasteiger partial charge on any atom is 0.267 e. The number of nitrogens with two attached hydrogens (primary N) is 1. The van der Waals surface area contributed by atoms with E-state index < -0.39 is 11.8 Å². The molecule has 0 fully saturated rings. The Balaban J connectivity index is 1.73. The molecule has 1 atom stereocenters. The summed E-state index contributed by atoms with van der Waals surface area (Å²) in [5.74, 6) is -0.942. The Hall–Kier alpha value is -4.27. The zero-order valence-corrected chi connectivity index (χ0v) is 15.7. The molecule has 9 nitrogen and oxygen atoms in total. The molecule has 30 heavy (non-hydrogen) atoms. The summed E-state index contributed by atoms with van der Waals surface area (Å²) in [6, 6.07) is 13.4. The van der Waals surface area contributed by atoms with Gasteiger partial charge in [0, 0.05) is 47.6 Å². The number of aromatic nitrogens is 5. The van der Waals surface area contributed by atoms with Gasteiger partial charge in [-0.25, -0.2) is 4.68 Å². The predicted molar refractivity (Wildman–Crippen MR) is 109 cm³/mol. The van der Waals surface area contributed by atoms with Gasteiger partial charge in [-0.3, -0.25) is 19.7 Å². The van der Waals surface area contributed by atoms with Crippen LogP contribution >= 0.6 is 0 Å². The first-order valence-corrected chi connectivity index (χ1v) is 9.35. The molecule has 4 aromatic rings. The van der Waals surface area contributed by atoms with Crippen molar-refractivity contribution in [2.24, 2.45) is 5.73 Å². The molecule has 4 N–H and O–H groups in total. The number of aromatic amines is 1. The van der Waals surface area contributed by atoms with Crippen LogP contribution in [0.1, 0.15) is 34.0 Å². The summed E-state index contributed by atoms with van der Waals surface area (Å²) in [7, 11) is 0. The van der Waals surface area contributed by atoms with Gasteiger partial charge in [-0.2, -0.15) is 10.2 Å². The van der Waals surface area contributed by atoms with E-state index in [1.54, 1.807) is 17.1 Å². The van der Waals surface area contributed by atoms with E-state index in [9.17, 15) is 9.59 Å². The number of amides is 2. The van der Waals surface area contributed by atoms with E-state index in [1.807, 2.05) is 48.7 Å². The van der Waals surface area contributed by atoms with E-state index in [0.29, 0.717) is 17.1 Å². The van der Waals surface area contributed by atoms with Crippen LogP contribution in [0.15, 0.2) is 61.1 Å². The number of rotatable bonds is 4. The van der Waals surface area contributed by atoms with Crippen LogP contribution in [0.2, 0.25) is 0 Å². The van der Waals surface area contributed by atoms with Gasteiger partial charge < -0.3 is 11.1 Å². The fraction of sp³-hybridized carbons (Fsp3) is 0.0952. The van der Waals surface area contributed by atoms with E-state index in [-0.39, 0.29) is 18.0 Å².